The number of hydrogen-bond donors (Lipinski definition) is 2. The summed E-state index contributed by atoms with van der Waals surface area (Å²) in [5.41, 5.74) is 1.15. The van der Waals surface area contributed by atoms with Gasteiger partial charge in [-0.05, 0) is 12.5 Å². The monoisotopic (exact) mass is 134 g/mol. The molecule has 1 rings (SSSR count). The van der Waals surface area contributed by atoms with E-state index < -0.39 is 0 Å². The Bertz CT molecular complexity index is 245. The van der Waals surface area contributed by atoms with Crippen LogP contribution in [0.15, 0.2) is 23.1 Å². The maximum absolute atomic E-state index is 8.84. The Hall–Kier alpha value is -1.43. The molecule has 0 saturated heterocycles. The molecule has 2 N–H and O–H groups in total. The van der Waals surface area contributed by atoms with Gasteiger partial charge in [0.05, 0.1) is 11.6 Å². The quantitative estimate of drug-likeness (QED) is 0.516. The highest BCUT2D eigenvalue weighted by atomic mass is 16.3. The summed E-state index contributed by atoms with van der Waals surface area (Å²) in [6, 6.07) is 1.92. The molecule has 0 bridgehead atoms. The maximum Gasteiger partial charge on any atom is 0.185 e. The van der Waals surface area contributed by atoms with Crippen molar-refractivity contribution >= 4 is 0 Å². The van der Waals surface area contributed by atoms with Crippen molar-refractivity contribution in [1.29, 1.82) is 5.26 Å². The Kier molecular flexibility index (Phi) is 1.63. The highest BCUT2D eigenvalue weighted by Gasteiger charge is 2.08. The fourth-order valence-corrected chi connectivity index (χ4v) is 0.655. The van der Waals surface area contributed by atoms with E-state index in [9.17, 15) is 0 Å². The molecule has 0 unspecified atom stereocenters. The summed E-state index contributed by atoms with van der Waals surface area (Å²) in [6.45, 7) is 4.26. The number of nitrogens with zero attached hydrogens (tertiary/aromatic N) is 1. The van der Waals surface area contributed by atoms with Gasteiger partial charge in [0, 0.05) is 6.08 Å². The summed E-state index contributed by atoms with van der Waals surface area (Å²) in [5.74, 6) is 0.0245. The lowest BCUT2D eigenvalue weighted by atomic mass is 10.1. The van der Waals surface area contributed by atoms with Crippen LogP contribution in [0.25, 0.3) is 0 Å². The number of dihydropyridines is 1. The highest BCUT2D eigenvalue weighted by molar-refractivity contribution is 5.42. The standard InChI is InChI=1S/C7H6N2O/c1-5-2-7(10)9-4-6(5)3-8/h2,9-10H,1H3. The molecule has 0 fully saturated rings. The Morgan fingerprint density at radius 3 is 3.00 bits per heavy atom. The molecular formula is C7H6N2O. The zero-order valence-corrected chi connectivity index (χ0v) is 5.47. The fourth-order valence-electron chi connectivity index (χ4n) is 0.655. The molecule has 1 aliphatic heterocycles. The molecule has 0 amide bonds. The zero-order valence-electron chi connectivity index (χ0n) is 5.47. The van der Waals surface area contributed by atoms with Gasteiger partial charge in [0.2, 0.25) is 0 Å². The van der Waals surface area contributed by atoms with E-state index in [1.54, 1.807) is 6.92 Å². The third-order valence-corrected chi connectivity index (χ3v) is 1.17. The van der Waals surface area contributed by atoms with E-state index in [0.29, 0.717) is 5.57 Å². The second-order valence-electron chi connectivity index (χ2n) is 1.95. The summed E-state index contributed by atoms with van der Waals surface area (Å²) >= 11 is 0. The van der Waals surface area contributed by atoms with E-state index in [1.165, 1.54) is 6.08 Å². The van der Waals surface area contributed by atoms with Gasteiger partial charge >= 0.3 is 0 Å². The second kappa shape index (κ2) is 2.44. The molecule has 10 heavy (non-hydrogen) atoms. The molecular weight excluding hydrogens is 128 g/mol. The lowest BCUT2D eigenvalue weighted by Gasteiger charge is -2.09. The van der Waals surface area contributed by atoms with Gasteiger partial charge in [-0.2, -0.15) is 5.26 Å². The van der Waals surface area contributed by atoms with Gasteiger partial charge in [0.1, 0.15) is 6.54 Å². The van der Waals surface area contributed by atoms with Gasteiger partial charge in [-0.15, -0.1) is 0 Å². The predicted octanol–water partition coefficient (Wildman–Crippen LogP) is 0.868. The minimum Gasteiger partial charge on any atom is -0.495 e. The van der Waals surface area contributed by atoms with Crippen molar-refractivity contribution in [3.8, 4) is 6.07 Å². The van der Waals surface area contributed by atoms with Crippen molar-refractivity contribution < 1.29 is 5.11 Å². The van der Waals surface area contributed by atoms with Crippen LogP contribution in [0.2, 0.25) is 0 Å². The molecule has 0 atom stereocenters. The number of hydrogen-bond acceptors (Lipinski definition) is 3. The summed E-state index contributed by atoms with van der Waals surface area (Å²) in [5, 5.41) is 19.7. The zero-order chi connectivity index (χ0) is 7.56. The Morgan fingerprint density at radius 1 is 1.80 bits per heavy atom. The molecule has 0 spiro atoms. The number of nitrogens with one attached hydrogen (secondary N) is 1. The molecule has 0 saturated carbocycles. The van der Waals surface area contributed by atoms with E-state index in [2.05, 4.69) is 11.9 Å². The lowest BCUT2D eigenvalue weighted by molar-refractivity contribution is 0.375. The number of nitriles is 1. The van der Waals surface area contributed by atoms with Crippen LogP contribution in [0.1, 0.15) is 6.92 Å². The number of rotatable bonds is 0. The molecule has 50 valence electrons. The third kappa shape index (κ3) is 1.11. The first-order valence-corrected chi connectivity index (χ1v) is 2.77. The first kappa shape index (κ1) is 6.69. The van der Waals surface area contributed by atoms with E-state index in [4.69, 9.17) is 10.4 Å². The van der Waals surface area contributed by atoms with Crippen molar-refractivity contribution in [1.82, 2.24) is 5.32 Å². The van der Waals surface area contributed by atoms with Crippen LogP contribution in [0.5, 0.6) is 0 Å². The molecule has 1 heterocycles. The summed E-state index contributed by atoms with van der Waals surface area (Å²) in [6.07, 6.45) is 1.48. The van der Waals surface area contributed by atoms with Crippen LogP contribution in [-0.4, -0.2) is 5.11 Å². The minimum absolute atomic E-state index is 0.0245. The van der Waals surface area contributed by atoms with Crippen molar-refractivity contribution in [2.24, 2.45) is 0 Å². The van der Waals surface area contributed by atoms with Crippen LogP contribution in [0.3, 0.4) is 0 Å². The molecule has 0 aromatic heterocycles. The highest BCUT2D eigenvalue weighted by Crippen LogP contribution is 2.12. The summed E-state index contributed by atoms with van der Waals surface area (Å²) in [7, 11) is 0. The van der Waals surface area contributed by atoms with E-state index in [-0.39, 0.29) is 5.88 Å². The minimum atomic E-state index is 0.0245. The van der Waals surface area contributed by atoms with Crippen molar-refractivity contribution in [3.63, 3.8) is 0 Å². The molecule has 3 heteroatoms. The van der Waals surface area contributed by atoms with Crippen LogP contribution in [0, 0.1) is 17.9 Å². The first-order chi connectivity index (χ1) is 4.74. The molecule has 0 aliphatic carbocycles. The normalized spacial score (nSPS) is 17.4. The van der Waals surface area contributed by atoms with Crippen LogP contribution < -0.4 is 5.32 Å². The van der Waals surface area contributed by atoms with Crippen molar-refractivity contribution in [2.75, 3.05) is 0 Å². The fraction of sp³-hybridized carbons (Fsp3) is 0.143. The summed E-state index contributed by atoms with van der Waals surface area (Å²) in [4.78, 5) is 0. The number of aliphatic hydroxyl groups excluding tert-OH is 1. The van der Waals surface area contributed by atoms with Crippen molar-refractivity contribution in [2.45, 2.75) is 6.92 Å². The maximum atomic E-state index is 8.84. The van der Waals surface area contributed by atoms with Gasteiger partial charge in [0.25, 0.3) is 0 Å². The van der Waals surface area contributed by atoms with Crippen LogP contribution in [0.4, 0.5) is 0 Å². The average molecular weight is 134 g/mol. The number of aliphatic hydroxyl groups is 1. The topological polar surface area (TPSA) is 56.0 Å². The smallest absolute Gasteiger partial charge is 0.185 e. The third-order valence-electron chi connectivity index (χ3n) is 1.17. The molecule has 2 radical (unpaired) electrons. The molecule has 0 aromatic carbocycles. The van der Waals surface area contributed by atoms with Crippen LogP contribution >= 0.6 is 0 Å². The molecule has 0 aromatic rings. The van der Waals surface area contributed by atoms with Crippen molar-refractivity contribution in [3.05, 3.63) is 29.7 Å². The van der Waals surface area contributed by atoms with E-state index >= 15 is 0 Å². The van der Waals surface area contributed by atoms with E-state index in [1.807, 2.05) is 6.07 Å². The van der Waals surface area contributed by atoms with Gasteiger partial charge in [-0.1, -0.05) is 0 Å². The number of allylic oxidation sites excluding steroid dienone is 2. The van der Waals surface area contributed by atoms with Gasteiger partial charge in [0.15, 0.2) is 5.88 Å². The van der Waals surface area contributed by atoms with Crippen LogP contribution in [-0.2, 0) is 0 Å². The van der Waals surface area contributed by atoms with Gasteiger partial charge in [-0.3, -0.25) is 0 Å². The SMILES string of the molecule is CC1=C(C#N)[C]NC(O)=C1. The Morgan fingerprint density at radius 2 is 2.50 bits per heavy atom. The molecule has 1 aliphatic rings. The average Bonchev–Trinajstić information content (AvgIpc) is 1.88. The lowest BCUT2D eigenvalue weighted by Crippen LogP contribution is -2.14. The Balaban J connectivity index is 2.93. The predicted molar refractivity (Wildman–Crippen MR) is 35.4 cm³/mol. The Labute approximate surface area is 59.3 Å². The van der Waals surface area contributed by atoms with E-state index in [0.717, 1.165) is 5.57 Å². The van der Waals surface area contributed by atoms with Gasteiger partial charge in [-0.25, -0.2) is 0 Å². The first-order valence-electron chi connectivity index (χ1n) is 2.77. The molecule has 3 nitrogen and oxygen atoms in total. The largest absolute Gasteiger partial charge is 0.495 e. The summed E-state index contributed by atoms with van der Waals surface area (Å²) < 4.78 is 0. The second-order valence-corrected chi connectivity index (χ2v) is 1.95. The van der Waals surface area contributed by atoms with Gasteiger partial charge < -0.3 is 10.4 Å².